The van der Waals surface area contributed by atoms with E-state index in [9.17, 15) is 18.8 Å². The number of alkyl carbamates (subject to hydrolysis) is 1. The molecule has 0 saturated heterocycles. The van der Waals surface area contributed by atoms with Crippen molar-refractivity contribution in [1.82, 2.24) is 5.32 Å². The quantitative estimate of drug-likeness (QED) is 0.444. The second-order valence-electron chi connectivity index (χ2n) is 8.99. The lowest BCUT2D eigenvalue weighted by Crippen LogP contribution is -2.42. The third-order valence-corrected chi connectivity index (χ3v) is 6.11. The van der Waals surface area contributed by atoms with Gasteiger partial charge in [0, 0.05) is 12.5 Å². The number of benzene rings is 3. The Morgan fingerprint density at radius 1 is 0.943 bits per heavy atom. The van der Waals surface area contributed by atoms with Crippen molar-refractivity contribution in [2.24, 2.45) is 5.41 Å². The molecule has 0 radical (unpaired) electrons. The number of aromatic carboxylic acids is 1. The zero-order chi connectivity index (χ0) is 25.2. The minimum Gasteiger partial charge on any atom is -0.478 e. The summed E-state index contributed by atoms with van der Waals surface area (Å²) < 4.78 is 19.8. The van der Waals surface area contributed by atoms with E-state index >= 15 is 0 Å². The maximum absolute atomic E-state index is 14.4. The first kappa shape index (κ1) is 23.9. The summed E-state index contributed by atoms with van der Waals surface area (Å²) in [5, 5.41) is 14.0. The minimum atomic E-state index is -1.44. The normalized spacial score (nSPS) is 12.4. The van der Waals surface area contributed by atoms with Gasteiger partial charge in [0.1, 0.15) is 6.61 Å². The van der Waals surface area contributed by atoms with Crippen LogP contribution in [0, 0.1) is 11.2 Å². The molecular weight excluding hydrogens is 451 g/mol. The molecular formula is C27H25FN2O5. The molecule has 0 spiro atoms. The Morgan fingerprint density at radius 2 is 1.54 bits per heavy atom. The highest BCUT2D eigenvalue weighted by molar-refractivity contribution is 5.97. The molecule has 180 valence electrons. The van der Waals surface area contributed by atoms with Crippen molar-refractivity contribution in [3.05, 3.63) is 89.2 Å². The van der Waals surface area contributed by atoms with E-state index in [4.69, 9.17) is 9.84 Å². The van der Waals surface area contributed by atoms with Gasteiger partial charge in [0.2, 0.25) is 5.91 Å². The zero-order valence-corrected chi connectivity index (χ0v) is 19.3. The summed E-state index contributed by atoms with van der Waals surface area (Å²) in [6.07, 6.45) is -0.674. The molecule has 3 aromatic rings. The van der Waals surface area contributed by atoms with Crippen LogP contribution in [0.1, 0.15) is 41.3 Å². The number of amides is 2. The number of carbonyl (C=O) groups excluding carboxylic acids is 2. The summed E-state index contributed by atoms with van der Waals surface area (Å²) in [4.78, 5) is 36.3. The predicted octanol–water partition coefficient (Wildman–Crippen LogP) is 5.03. The summed E-state index contributed by atoms with van der Waals surface area (Å²) in [5.74, 6) is -3.14. The zero-order valence-electron chi connectivity index (χ0n) is 19.3. The maximum atomic E-state index is 14.4. The lowest BCUT2D eigenvalue weighted by Gasteiger charge is -2.24. The van der Waals surface area contributed by atoms with Crippen molar-refractivity contribution in [1.29, 1.82) is 0 Å². The molecule has 3 N–H and O–H groups in total. The van der Waals surface area contributed by atoms with Crippen LogP contribution in [0.3, 0.4) is 0 Å². The number of anilines is 1. The van der Waals surface area contributed by atoms with E-state index in [0.29, 0.717) is 0 Å². The van der Waals surface area contributed by atoms with E-state index in [1.807, 2.05) is 48.5 Å². The van der Waals surface area contributed by atoms with Crippen LogP contribution in [-0.2, 0) is 9.53 Å². The van der Waals surface area contributed by atoms with E-state index < -0.39 is 34.8 Å². The molecule has 0 saturated carbocycles. The summed E-state index contributed by atoms with van der Waals surface area (Å²) in [5.41, 5.74) is 2.50. The lowest BCUT2D eigenvalue weighted by molar-refractivity contribution is -0.123. The molecule has 0 bridgehead atoms. The average Bonchev–Trinajstić information content (AvgIpc) is 3.16. The van der Waals surface area contributed by atoms with E-state index in [0.717, 1.165) is 28.3 Å². The predicted molar refractivity (Wildman–Crippen MR) is 129 cm³/mol. The van der Waals surface area contributed by atoms with Gasteiger partial charge in [0.25, 0.3) is 0 Å². The van der Waals surface area contributed by atoms with Gasteiger partial charge in [0.05, 0.1) is 16.7 Å². The number of carbonyl (C=O) groups is 3. The first-order chi connectivity index (χ1) is 16.7. The Hall–Kier alpha value is -4.20. The van der Waals surface area contributed by atoms with Gasteiger partial charge in [-0.05, 0) is 48.2 Å². The number of rotatable bonds is 7. The standard InChI is InChI=1S/C27H25FN2O5/c1-27(2,25(33)30-22-13-7-12-20(23(22)28)24(31)32)15-29-26(34)35-14-21-18-10-5-3-8-16(18)17-9-4-6-11-19(17)21/h3-13,21H,14-15H2,1-2H3,(H,29,34)(H,30,33)(H,31,32). The van der Waals surface area contributed by atoms with Gasteiger partial charge >= 0.3 is 12.1 Å². The van der Waals surface area contributed by atoms with Crippen LogP contribution in [0.15, 0.2) is 66.7 Å². The van der Waals surface area contributed by atoms with Gasteiger partial charge in [-0.15, -0.1) is 0 Å². The summed E-state index contributed by atoms with van der Waals surface area (Å²) in [7, 11) is 0. The molecule has 0 aromatic heterocycles. The van der Waals surface area contributed by atoms with Crippen LogP contribution < -0.4 is 10.6 Å². The van der Waals surface area contributed by atoms with Crippen molar-refractivity contribution in [3.8, 4) is 11.1 Å². The molecule has 4 rings (SSSR count). The third kappa shape index (κ3) is 4.87. The Balaban J connectivity index is 1.35. The fourth-order valence-electron chi connectivity index (χ4n) is 4.11. The Kier molecular flexibility index (Phi) is 6.55. The number of fused-ring (bicyclic) bond motifs is 3. The molecule has 0 unspecified atom stereocenters. The third-order valence-electron chi connectivity index (χ3n) is 6.11. The number of nitrogens with one attached hydrogen (secondary N) is 2. The molecule has 0 fully saturated rings. The number of carboxylic acids is 1. The number of halogens is 1. The van der Waals surface area contributed by atoms with Crippen LogP contribution in [-0.4, -0.2) is 36.2 Å². The Labute approximate surface area is 201 Å². The highest BCUT2D eigenvalue weighted by atomic mass is 19.1. The molecule has 35 heavy (non-hydrogen) atoms. The number of hydrogen-bond acceptors (Lipinski definition) is 4. The van der Waals surface area contributed by atoms with Gasteiger partial charge < -0.3 is 20.5 Å². The van der Waals surface area contributed by atoms with Crippen molar-refractivity contribution in [3.63, 3.8) is 0 Å². The van der Waals surface area contributed by atoms with Gasteiger partial charge in [0.15, 0.2) is 5.82 Å². The first-order valence-electron chi connectivity index (χ1n) is 11.1. The van der Waals surface area contributed by atoms with E-state index in [1.54, 1.807) is 13.8 Å². The fraction of sp³-hybridized carbons (Fsp3) is 0.222. The molecule has 8 heteroatoms. The van der Waals surface area contributed by atoms with Crippen molar-refractivity contribution in [2.75, 3.05) is 18.5 Å². The van der Waals surface area contributed by atoms with Crippen LogP contribution in [0.5, 0.6) is 0 Å². The van der Waals surface area contributed by atoms with E-state index in [2.05, 4.69) is 10.6 Å². The molecule has 1 aliphatic carbocycles. The summed E-state index contributed by atoms with van der Waals surface area (Å²) in [6, 6.07) is 19.7. The minimum absolute atomic E-state index is 0.0737. The molecule has 0 heterocycles. The second kappa shape index (κ2) is 9.58. The topological polar surface area (TPSA) is 105 Å². The summed E-state index contributed by atoms with van der Waals surface area (Å²) >= 11 is 0. The molecule has 0 aliphatic heterocycles. The van der Waals surface area contributed by atoms with E-state index in [-0.39, 0.29) is 24.8 Å². The Bertz CT molecular complexity index is 1260. The first-order valence-corrected chi connectivity index (χ1v) is 11.1. The van der Waals surface area contributed by atoms with Gasteiger partial charge in [-0.1, -0.05) is 54.6 Å². The number of carboxylic acid groups (broad SMARTS) is 1. The largest absolute Gasteiger partial charge is 0.478 e. The molecule has 3 aromatic carbocycles. The highest BCUT2D eigenvalue weighted by Crippen LogP contribution is 2.44. The van der Waals surface area contributed by atoms with Crippen LogP contribution in [0.25, 0.3) is 11.1 Å². The van der Waals surface area contributed by atoms with Gasteiger partial charge in [-0.3, -0.25) is 4.79 Å². The second-order valence-corrected chi connectivity index (χ2v) is 8.99. The Morgan fingerprint density at radius 3 is 2.14 bits per heavy atom. The number of hydrogen-bond donors (Lipinski definition) is 3. The van der Waals surface area contributed by atoms with Crippen LogP contribution >= 0.6 is 0 Å². The fourth-order valence-corrected chi connectivity index (χ4v) is 4.11. The van der Waals surface area contributed by atoms with E-state index in [1.165, 1.54) is 12.1 Å². The molecule has 1 aliphatic rings. The number of ether oxygens (including phenoxy) is 1. The summed E-state index contributed by atoms with van der Waals surface area (Å²) in [6.45, 7) is 3.21. The van der Waals surface area contributed by atoms with Crippen molar-refractivity contribution >= 4 is 23.7 Å². The smallest absolute Gasteiger partial charge is 0.407 e. The SMILES string of the molecule is CC(C)(CNC(=O)OCC1c2ccccc2-c2ccccc21)C(=O)Nc1cccc(C(=O)O)c1F. The lowest BCUT2D eigenvalue weighted by atomic mass is 9.92. The molecule has 7 nitrogen and oxygen atoms in total. The molecule has 2 amide bonds. The highest BCUT2D eigenvalue weighted by Gasteiger charge is 2.31. The van der Waals surface area contributed by atoms with Gasteiger partial charge in [-0.25, -0.2) is 14.0 Å². The van der Waals surface area contributed by atoms with Gasteiger partial charge in [-0.2, -0.15) is 0 Å². The van der Waals surface area contributed by atoms with Crippen molar-refractivity contribution in [2.45, 2.75) is 19.8 Å². The molecule has 0 atom stereocenters. The van der Waals surface area contributed by atoms with Crippen LogP contribution in [0.2, 0.25) is 0 Å². The van der Waals surface area contributed by atoms with Crippen LogP contribution in [0.4, 0.5) is 14.9 Å². The monoisotopic (exact) mass is 476 g/mol. The maximum Gasteiger partial charge on any atom is 0.407 e. The van der Waals surface area contributed by atoms with Crippen molar-refractivity contribution < 1.29 is 28.6 Å². The average molecular weight is 477 g/mol.